The SMILES string of the molecule is CC1(C)NC(=O)CCN(Cc2cc(F)cc(F)c2)C1=O. The van der Waals surface area contributed by atoms with Crippen LogP contribution in [-0.4, -0.2) is 28.8 Å². The summed E-state index contributed by atoms with van der Waals surface area (Å²) in [6, 6.07) is 3.15. The molecule has 1 N–H and O–H groups in total. The summed E-state index contributed by atoms with van der Waals surface area (Å²) in [5.41, 5.74) is -0.652. The molecule has 6 heteroatoms. The predicted molar refractivity (Wildman–Crippen MR) is 68.6 cm³/mol. The zero-order chi connectivity index (χ0) is 14.9. The Morgan fingerprint density at radius 1 is 1.20 bits per heavy atom. The Bertz CT molecular complexity index is 538. The van der Waals surface area contributed by atoms with Crippen molar-refractivity contribution in [2.45, 2.75) is 32.4 Å². The summed E-state index contributed by atoms with van der Waals surface area (Å²) in [5.74, 6) is -1.85. The zero-order valence-electron chi connectivity index (χ0n) is 11.4. The zero-order valence-corrected chi connectivity index (χ0v) is 11.4. The van der Waals surface area contributed by atoms with Crippen LogP contribution in [0.1, 0.15) is 25.8 Å². The highest BCUT2D eigenvalue weighted by atomic mass is 19.1. The number of hydrogen-bond donors (Lipinski definition) is 1. The van der Waals surface area contributed by atoms with E-state index in [9.17, 15) is 18.4 Å². The van der Waals surface area contributed by atoms with E-state index in [1.807, 2.05) is 0 Å². The molecule has 1 saturated heterocycles. The normalized spacial score (nSPS) is 18.7. The van der Waals surface area contributed by atoms with E-state index in [2.05, 4.69) is 5.32 Å². The Balaban J connectivity index is 2.23. The van der Waals surface area contributed by atoms with Crippen LogP contribution in [-0.2, 0) is 16.1 Å². The summed E-state index contributed by atoms with van der Waals surface area (Å²) in [6.07, 6.45) is 0.174. The van der Waals surface area contributed by atoms with E-state index in [-0.39, 0.29) is 31.3 Å². The van der Waals surface area contributed by atoms with Crippen molar-refractivity contribution in [3.8, 4) is 0 Å². The molecule has 2 rings (SSSR count). The molecular formula is C14H16F2N2O2. The second-order valence-electron chi connectivity index (χ2n) is 5.43. The molecule has 1 heterocycles. The summed E-state index contributed by atoms with van der Waals surface area (Å²) >= 11 is 0. The third kappa shape index (κ3) is 3.12. The number of carbonyl (C=O) groups is 2. The molecule has 0 atom stereocenters. The third-order valence-electron chi connectivity index (χ3n) is 3.18. The molecule has 0 bridgehead atoms. The summed E-state index contributed by atoms with van der Waals surface area (Å²) in [4.78, 5) is 25.3. The fourth-order valence-electron chi connectivity index (χ4n) is 2.27. The fraction of sp³-hybridized carbons (Fsp3) is 0.429. The van der Waals surface area contributed by atoms with Crippen molar-refractivity contribution in [3.05, 3.63) is 35.4 Å². The largest absolute Gasteiger partial charge is 0.342 e. The number of halogens is 2. The van der Waals surface area contributed by atoms with Crippen LogP contribution in [0.5, 0.6) is 0 Å². The van der Waals surface area contributed by atoms with Crippen LogP contribution in [0.15, 0.2) is 18.2 Å². The molecule has 0 aromatic heterocycles. The minimum atomic E-state index is -1.01. The molecule has 1 aromatic carbocycles. The molecule has 0 spiro atoms. The Morgan fingerprint density at radius 2 is 1.80 bits per heavy atom. The van der Waals surface area contributed by atoms with E-state index in [1.54, 1.807) is 13.8 Å². The Labute approximate surface area is 115 Å². The van der Waals surface area contributed by atoms with E-state index in [0.717, 1.165) is 6.07 Å². The molecule has 4 nitrogen and oxygen atoms in total. The first-order chi connectivity index (χ1) is 9.28. The third-order valence-corrected chi connectivity index (χ3v) is 3.18. The van der Waals surface area contributed by atoms with Gasteiger partial charge in [0.15, 0.2) is 0 Å². The van der Waals surface area contributed by atoms with Crippen molar-refractivity contribution in [1.82, 2.24) is 10.2 Å². The highest BCUT2D eigenvalue weighted by molar-refractivity contribution is 5.92. The van der Waals surface area contributed by atoms with Crippen molar-refractivity contribution < 1.29 is 18.4 Å². The van der Waals surface area contributed by atoms with Crippen LogP contribution < -0.4 is 5.32 Å². The smallest absolute Gasteiger partial charge is 0.248 e. The van der Waals surface area contributed by atoms with Crippen LogP contribution in [0.3, 0.4) is 0 Å². The first kappa shape index (κ1) is 14.4. The van der Waals surface area contributed by atoms with Crippen LogP contribution in [0, 0.1) is 11.6 Å². The topological polar surface area (TPSA) is 49.4 Å². The van der Waals surface area contributed by atoms with Gasteiger partial charge < -0.3 is 10.2 Å². The summed E-state index contributed by atoms with van der Waals surface area (Å²) in [5, 5.41) is 2.63. The Morgan fingerprint density at radius 3 is 2.40 bits per heavy atom. The quantitative estimate of drug-likeness (QED) is 0.895. The first-order valence-electron chi connectivity index (χ1n) is 6.33. The van der Waals surface area contributed by atoms with Gasteiger partial charge in [-0.25, -0.2) is 8.78 Å². The van der Waals surface area contributed by atoms with Crippen LogP contribution >= 0.6 is 0 Å². The van der Waals surface area contributed by atoms with Crippen molar-refractivity contribution in [3.63, 3.8) is 0 Å². The van der Waals surface area contributed by atoms with Crippen LogP contribution in [0.2, 0.25) is 0 Å². The second-order valence-corrected chi connectivity index (χ2v) is 5.43. The van der Waals surface area contributed by atoms with E-state index in [1.165, 1.54) is 17.0 Å². The van der Waals surface area contributed by atoms with E-state index < -0.39 is 17.2 Å². The molecule has 108 valence electrons. The van der Waals surface area contributed by atoms with E-state index >= 15 is 0 Å². The van der Waals surface area contributed by atoms with E-state index in [0.29, 0.717) is 5.56 Å². The fourth-order valence-corrected chi connectivity index (χ4v) is 2.27. The van der Waals surface area contributed by atoms with Gasteiger partial charge in [-0.1, -0.05) is 0 Å². The second kappa shape index (κ2) is 5.19. The maximum absolute atomic E-state index is 13.2. The van der Waals surface area contributed by atoms with Crippen LogP contribution in [0.4, 0.5) is 8.78 Å². The van der Waals surface area contributed by atoms with Gasteiger partial charge >= 0.3 is 0 Å². The average Bonchev–Trinajstić information content (AvgIpc) is 2.39. The monoisotopic (exact) mass is 282 g/mol. The van der Waals surface area contributed by atoms with Gasteiger partial charge in [0.25, 0.3) is 0 Å². The van der Waals surface area contributed by atoms with Crippen molar-refractivity contribution in [2.24, 2.45) is 0 Å². The maximum atomic E-state index is 13.2. The van der Waals surface area contributed by atoms with Gasteiger partial charge in [0, 0.05) is 25.6 Å². The van der Waals surface area contributed by atoms with Gasteiger partial charge in [0.1, 0.15) is 17.2 Å². The number of benzene rings is 1. The molecule has 20 heavy (non-hydrogen) atoms. The average molecular weight is 282 g/mol. The lowest BCUT2D eigenvalue weighted by Gasteiger charge is -2.28. The molecule has 0 radical (unpaired) electrons. The minimum Gasteiger partial charge on any atom is -0.342 e. The van der Waals surface area contributed by atoms with Gasteiger partial charge in [0.2, 0.25) is 11.8 Å². The molecular weight excluding hydrogens is 266 g/mol. The summed E-state index contributed by atoms with van der Waals surface area (Å²) in [7, 11) is 0. The molecule has 1 fully saturated rings. The van der Waals surface area contributed by atoms with E-state index in [4.69, 9.17) is 0 Å². The molecule has 1 aromatic rings. The Kier molecular flexibility index (Phi) is 3.74. The lowest BCUT2D eigenvalue weighted by molar-refractivity contribution is -0.137. The molecule has 1 aliphatic rings. The standard InChI is InChI=1S/C14H16F2N2O2/c1-14(2)13(20)18(4-3-12(19)17-14)8-9-5-10(15)7-11(16)6-9/h5-7H,3-4,8H2,1-2H3,(H,17,19). The number of nitrogens with one attached hydrogen (secondary N) is 1. The molecule has 2 amide bonds. The molecule has 0 saturated carbocycles. The lowest BCUT2D eigenvalue weighted by Crippen LogP contribution is -2.52. The number of carbonyl (C=O) groups excluding carboxylic acids is 2. The number of rotatable bonds is 2. The lowest BCUT2D eigenvalue weighted by atomic mass is 10.0. The minimum absolute atomic E-state index is 0.0753. The maximum Gasteiger partial charge on any atom is 0.248 e. The van der Waals surface area contributed by atoms with Crippen molar-refractivity contribution in [2.75, 3.05) is 6.54 Å². The molecule has 1 aliphatic heterocycles. The van der Waals surface area contributed by atoms with Crippen molar-refractivity contribution >= 4 is 11.8 Å². The highest BCUT2D eigenvalue weighted by Gasteiger charge is 2.36. The van der Waals surface area contributed by atoms with Gasteiger partial charge in [-0.05, 0) is 31.5 Å². The van der Waals surface area contributed by atoms with Gasteiger partial charge in [-0.2, -0.15) is 0 Å². The van der Waals surface area contributed by atoms with Gasteiger partial charge in [-0.3, -0.25) is 9.59 Å². The number of hydrogen-bond acceptors (Lipinski definition) is 2. The van der Waals surface area contributed by atoms with Crippen LogP contribution in [0.25, 0.3) is 0 Å². The molecule has 0 unspecified atom stereocenters. The summed E-state index contributed by atoms with van der Waals surface area (Å²) < 4.78 is 26.3. The number of nitrogens with zero attached hydrogens (tertiary/aromatic N) is 1. The first-order valence-corrected chi connectivity index (χ1v) is 6.33. The van der Waals surface area contributed by atoms with Gasteiger partial charge in [-0.15, -0.1) is 0 Å². The number of amides is 2. The highest BCUT2D eigenvalue weighted by Crippen LogP contribution is 2.17. The van der Waals surface area contributed by atoms with Crippen molar-refractivity contribution in [1.29, 1.82) is 0 Å². The summed E-state index contributed by atoms with van der Waals surface area (Å²) in [6.45, 7) is 3.52. The predicted octanol–water partition coefficient (Wildman–Crippen LogP) is 1.59. The molecule has 0 aliphatic carbocycles. The van der Waals surface area contributed by atoms with Gasteiger partial charge in [0.05, 0.1) is 0 Å². The Hall–Kier alpha value is -1.98.